The van der Waals surface area contributed by atoms with Gasteiger partial charge in [-0.15, -0.1) is 0 Å². The standard InChI is InChI=1S/C24H35N5O2/c1-3-14-31-23-21(10-7-11-26-23)18-28-24(25-4-2)27-17-20-8-5-6-9-22(20)19-29-12-15-30-16-13-29/h5-11H,3-4,12-19H2,1-2H3,(H2,25,27,28). The number of rotatable bonds is 10. The molecule has 0 radical (unpaired) electrons. The van der Waals surface area contributed by atoms with Crippen LogP contribution in [0, 0.1) is 0 Å². The topological polar surface area (TPSA) is 71.0 Å². The van der Waals surface area contributed by atoms with E-state index in [0.29, 0.717) is 19.0 Å². The van der Waals surface area contributed by atoms with Gasteiger partial charge in [-0.25, -0.2) is 9.98 Å². The van der Waals surface area contributed by atoms with Gasteiger partial charge in [0, 0.05) is 44.5 Å². The molecule has 0 amide bonds. The van der Waals surface area contributed by atoms with Gasteiger partial charge in [0.2, 0.25) is 5.88 Å². The van der Waals surface area contributed by atoms with Crippen LogP contribution in [0.3, 0.4) is 0 Å². The summed E-state index contributed by atoms with van der Waals surface area (Å²) in [5, 5.41) is 6.82. The van der Waals surface area contributed by atoms with E-state index in [2.05, 4.69) is 58.6 Å². The summed E-state index contributed by atoms with van der Waals surface area (Å²) in [5.74, 6) is 1.45. The summed E-state index contributed by atoms with van der Waals surface area (Å²) in [4.78, 5) is 11.6. The average molecular weight is 426 g/mol. The average Bonchev–Trinajstić information content (AvgIpc) is 2.81. The molecule has 1 aromatic carbocycles. The Morgan fingerprint density at radius 3 is 2.61 bits per heavy atom. The lowest BCUT2D eigenvalue weighted by Gasteiger charge is -2.27. The molecular formula is C24H35N5O2. The maximum Gasteiger partial charge on any atom is 0.218 e. The quantitative estimate of drug-likeness (QED) is 0.451. The van der Waals surface area contributed by atoms with E-state index in [-0.39, 0.29) is 0 Å². The third-order valence-corrected chi connectivity index (χ3v) is 5.11. The molecule has 0 bridgehead atoms. The van der Waals surface area contributed by atoms with Crippen LogP contribution in [0.2, 0.25) is 0 Å². The first-order valence-electron chi connectivity index (χ1n) is 11.3. The minimum Gasteiger partial charge on any atom is -0.477 e. The molecule has 0 spiro atoms. The van der Waals surface area contributed by atoms with Gasteiger partial charge in [-0.2, -0.15) is 0 Å². The number of ether oxygens (including phenoxy) is 2. The van der Waals surface area contributed by atoms with Crippen molar-refractivity contribution in [2.24, 2.45) is 4.99 Å². The van der Waals surface area contributed by atoms with Gasteiger partial charge in [0.05, 0.1) is 26.4 Å². The molecule has 1 aromatic heterocycles. The molecule has 31 heavy (non-hydrogen) atoms. The molecular weight excluding hydrogens is 390 g/mol. The number of aromatic nitrogens is 1. The third kappa shape index (κ3) is 7.52. The fourth-order valence-electron chi connectivity index (χ4n) is 3.44. The number of morpholine rings is 1. The predicted molar refractivity (Wildman–Crippen MR) is 124 cm³/mol. The number of benzene rings is 1. The number of aliphatic imine (C=N–C) groups is 1. The van der Waals surface area contributed by atoms with E-state index in [9.17, 15) is 0 Å². The lowest BCUT2D eigenvalue weighted by atomic mass is 10.1. The van der Waals surface area contributed by atoms with Gasteiger partial charge in [-0.1, -0.05) is 37.3 Å². The van der Waals surface area contributed by atoms with E-state index in [1.165, 1.54) is 11.1 Å². The molecule has 0 aliphatic carbocycles. The molecule has 2 aromatic rings. The van der Waals surface area contributed by atoms with Crippen molar-refractivity contribution < 1.29 is 9.47 Å². The number of hydrogen-bond acceptors (Lipinski definition) is 5. The summed E-state index contributed by atoms with van der Waals surface area (Å²) in [5.41, 5.74) is 3.61. The zero-order chi connectivity index (χ0) is 21.7. The van der Waals surface area contributed by atoms with Gasteiger partial charge in [-0.3, -0.25) is 4.90 Å². The first-order chi connectivity index (χ1) is 15.3. The van der Waals surface area contributed by atoms with Crippen molar-refractivity contribution in [1.29, 1.82) is 0 Å². The molecule has 2 N–H and O–H groups in total. The number of nitrogens with zero attached hydrogens (tertiary/aromatic N) is 3. The highest BCUT2D eigenvalue weighted by molar-refractivity contribution is 5.79. The van der Waals surface area contributed by atoms with Crippen molar-refractivity contribution >= 4 is 5.96 Å². The van der Waals surface area contributed by atoms with Gasteiger partial charge in [0.15, 0.2) is 5.96 Å². The van der Waals surface area contributed by atoms with Gasteiger partial charge in [-0.05, 0) is 30.5 Å². The van der Waals surface area contributed by atoms with Crippen molar-refractivity contribution in [2.45, 2.75) is 39.9 Å². The molecule has 0 unspecified atom stereocenters. The van der Waals surface area contributed by atoms with E-state index in [1.54, 1.807) is 6.20 Å². The highest BCUT2D eigenvalue weighted by Crippen LogP contribution is 2.16. The fourth-order valence-corrected chi connectivity index (χ4v) is 3.44. The summed E-state index contributed by atoms with van der Waals surface area (Å²) < 4.78 is 11.2. The van der Waals surface area contributed by atoms with Crippen LogP contribution >= 0.6 is 0 Å². The molecule has 1 aliphatic rings. The molecule has 7 heteroatoms. The second-order valence-corrected chi connectivity index (χ2v) is 7.52. The monoisotopic (exact) mass is 425 g/mol. The lowest BCUT2D eigenvalue weighted by molar-refractivity contribution is 0.0341. The Morgan fingerprint density at radius 2 is 1.84 bits per heavy atom. The van der Waals surface area contributed by atoms with Crippen LogP contribution in [0.5, 0.6) is 5.88 Å². The van der Waals surface area contributed by atoms with Gasteiger partial charge in [0.1, 0.15) is 0 Å². The largest absolute Gasteiger partial charge is 0.477 e. The summed E-state index contributed by atoms with van der Waals surface area (Å²) in [7, 11) is 0. The van der Waals surface area contributed by atoms with Gasteiger partial charge >= 0.3 is 0 Å². The lowest BCUT2D eigenvalue weighted by Crippen LogP contribution is -2.38. The van der Waals surface area contributed by atoms with Crippen molar-refractivity contribution in [3.63, 3.8) is 0 Å². The normalized spacial score (nSPS) is 15.0. The van der Waals surface area contributed by atoms with Crippen LogP contribution in [-0.2, 0) is 24.4 Å². The van der Waals surface area contributed by atoms with E-state index in [1.807, 2.05) is 12.1 Å². The molecule has 7 nitrogen and oxygen atoms in total. The SMILES string of the molecule is CCCOc1ncccc1CN=C(NCC)NCc1ccccc1CN1CCOCC1. The Kier molecular flexibility index (Phi) is 9.60. The van der Waals surface area contributed by atoms with Gasteiger partial charge in [0.25, 0.3) is 0 Å². The van der Waals surface area contributed by atoms with Crippen molar-refractivity contribution in [2.75, 3.05) is 39.5 Å². The van der Waals surface area contributed by atoms with Crippen LogP contribution in [0.15, 0.2) is 47.6 Å². The summed E-state index contributed by atoms with van der Waals surface area (Å²) >= 11 is 0. The first kappa shape index (κ1) is 23.0. The zero-order valence-electron chi connectivity index (χ0n) is 18.8. The minimum atomic E-state index is 0.512. The molecule has 0 atom stereocenters. The highest BCUT2D eigenvalue weighted by Gasteiger charge is 2.13. The number of hydrogen-bond donors (Lipinski definition) is 2. The van der Waals surface area contributed by atoms with Crippen LogP contribution in [0.25, 0.3) is 0 Å². The Hall–Kier alpha value is -2.64. The Bertz CT molecular complexity index is 821. The van der Waals surface area contributed by atoms with Gasteiger partial charge < -0.3 is 20.1 Å². The number of pyridine rings is 1. The first-order valence-corrected chi connectivity index (χ1v) is 11.3. The molecule has 3 rings (SSSR count). The second-order valence-electron chi connectivity index (χ2n) is 7.52. The summed E-state index contributed by atoms with van der Waals surface area (Å²) in [6.45, 7) is 11.4. The maximum atomic E-state index is 5.76. The van der Waals surface area contributed by atoms with Crippen molar-refractivity contribution in [3.05, 3.63) is 59.3 Å². The Balaban J connectivity index is 1.63. The minimum absolute atomic E-state index is 0.512. The van der Waals surface area contributed by atoms with Crippen LogP contribution in [0.4, 0.5) is 0 Å². The molecule has 2 heterocycles. The highest BCUT2D eigenvalue weighted by atomic mass is 16.5. The molecule has 1 fully saturated rings. The third-order valence-electron chi connectivity index (χ3n) is 5.11. The van der Waals surface area contributed by atoms with Crippen LogP contribution in [-0.4, -0.2) is 55.3 Å². The van der Waals surface area contributed by atoms with E-state index < -0.39 is 0 Å². The van der Waals surface area contributed by atoms with Crippen LogP contribution < -0.4 is 15.4 Å². The van der Waals surface area contributed by atoms with E-state index in [0.717, 1.165) is 63.9 Å². The maximum absolute atomic E-state index is 5.76. The summed E-state index contributed by atoms with van der Waals surface area (Å²) in [6.07, 6.45) is 2.71. The van der Waals surface area contributed by atoms with Crippen molar-refractivity contribution in [3.8, 4) is 5.88 Å². The Labute approximate surface area is 185 Å². The number of nitrogens with one attached hydrogen (secondary N) is 2. The molecule has 0 saturated carbocycles. The smallest absolute Gasteiger partial charge is 0.218 e. The predicted octanol–water partition coefficient (Wildman–Crippen LogP) is 2.96. The molecule has 1 aliphatic heterocycles. The number of guanidine groups is 1. The molecule has 168 valence electrons. The second kappa shape index (κ2) is 12.9. The van der Waals surface area contributed by atoms with Crippen LogP contribution in [0.1, 0.15) is 37.0 Å². The fraction of sp³-hybridized carbons (Fsp3) is 0.500. The molecule has 1 saturated heterocycles. The van der Waals surface area contributed by atoms with Crippen molar-refractivity contribution in [1.82, 2.24) is 20.5 Å². The van der Waals surface area contributed by atoms with E-state index >= 15 is 0 Å². The van der Waals surface area contributed by atoms with E-state index in [4.69, 9.17) is 14.5 Å². The Morgan fingerprint density at radius 1 is 1.06 bits per heavy atom. The zero-order valence-corrected chi connectivity index (χ0v) is 18.8. The summed E-state index contributed by atoms with van der Waals surface area (Å²) in [6, 6.07) is 12.5.